The van der Waals surface area contributed by atoms with Gasteiger partial charge in [-0.2, -0.15) is 0 Å². The number of hydrogen-bond acceptors (Lipinski definition) is 8. The molecule has 0 aliphatic heterocycles. The van der Waals surface area contributed by atoms with Crippen LogP contribution in [-0.2, 0) is 28.7 Å². The monoisotopic (exact) mass is 486 g/mol. The number of nitrogens with one attached hydrogen (secondary N) is 2. The number of carbonyl (C=O) groups is 4. The summed E-state index contributed by atoms with van der Waals surface area (Å²) >= 11 is 0. The number of esters is 2. The summed E-state index contributed by atoms with van der Waals surface area (Å²) in [6, 6.07) is -2.31. The molecule has 1 rings (SSSR count). The Bertz CT molecular complexity index is 601. The minimum atomic E-state index is -1.16. The van der Waals surface area contributed by atoms with Crippen LogP contribution < -0.4 is 10.6 Å². The number of unbranched alkanes of at least 4 members (excludes halogenated alkanes) is 2. The normalized spacial score (nSPS) is 16.7. The SMILES string of the molecule is CCCCOC(=O)[C@@H](CO)NC(=O)CC1(CC(=O)N[C@H](CO)C(=O)OCCCC)CCCCC1. The second-order valence-electron chi connectivity index (χ2n) is 9.06. The minimum absolute atomic E-state index is 0.00387. The van der Waals surface area contributed by atoms with E-state index in [1.165, 1.54) is 0 Å². The lowest BCUT2D eigenvalue weighted by molar-refractivity contribution is -0.149. The number of ether oxygens (including phenoxy) is 2. The van der Waals surface area contributed by atoms with E-state index in [9.17, 15) is 29.4 Å². The zero-order valence-corrected chi connectivity index (χ0v) is 20.6. The number of amides is 2. The molecule has 1 aliphatic rings. The molecule has 0 aromatic heterocycles. The van der Waals surface area contributed by atoms with E-state index in [0.717, 1.165) is 32.1 Å². The van der Waals surface area contributed by atoms with Gasteiger partial charge in [-0.1, -0.05) is 46.0 Å². The molecule has 196 valence electrons. The summed E-state index contributed by atoms with van der Waals surface area (Å²) in [5.41, 5.74) is -0.634. The Labute approximate surface area is 202 Å². The standard InChI is InChI=1S/C24H42N2O8/c1-3-5-12-33-22(31)18(16-27)25-20(29)14-24(10-8-7-9-11-24)15-21(30)26-19(17-28)23(32)34-13-6-4-2/h18-19,27-28H,3-17H2,1-2H3,(H,25,29)(H,26,30)/t18-,19-/m1/s1. The lowest BCUT2D eigenvalue weighted by atomic mass is 9.69. The third-order valence-electron chi connectivity index (χ3n) is 6.07. The van der Waals surface area contributed by atoms with Gasteiger partial charge < -0.3 is 30.3 Å². The molecule has 2 amide bonds. The maximum atomic E-state index is 12.8. The Balaban J connectivity index is 2.73. The van der Waals surface area contributed by atoms with Crippen molar-refractivity contribution >= 4 is 23.8 Å². The van der Waals surface area contributed by atoms with Crippen molar-refractivity contribution in [2.45, 2.75) is 96.6 Å². The smallest absolute Gasteiger partial charge is 0.331 e. The maximum Gasteiger partial charge on any atom is 0.331 e. The van der Waals surface area contributed by atoms with Gasteiger partial charge in [-0.3, -0.25) is 9.59 Å². The first-order valence-corrected chi connectivity index (χ1v) is 12.4. The van der Waals surface area contributed by atoms with Crippen LogP contribution in [0.15, 0.2) is 0 Å². The van der Waals surface area contributed by atoms with Crippen LogP contribution in [0, 0.1) is 5.41 Å². The summed E-state index contributed by atoms with van der Waals surface area (Å²) in [4.78, 5) is 49.8. The first kappa shape index (κ1) is 29.8. The van der Waals surface area contributed by atoms with Crippen LogP contribution in [-0.4, -0.2) is 72.5 Å². The summed E-state index contributed by atoms with van der Waals surface area (Å²) in [6.07, 6.45) is 7.08. The molecule has 10 heteroatoms. The second kappa shape index (κ2) is 16.4. The Morgan fingerprint density at radius 1 is 0.765 bits per heavy atom. The Hall–Kier alpha value is -2.20. The zero-order chi connectivity index (χ0) is 25.4. The van der Waals surface area contributed by atoms with E-state index in [1.807, 2.05) is 13.8 Å². The van der Waals surface area contributed by atoms with Crippen molar-refractivity contribution in [3.8, 4) is 0 Å². The van der Waals surface area contributed by atoms with E-state index in [1.54, 1.807) is 0 Å². The molecule has 0 bridgehead atoms. The van der Waals surface area contributed by atoms with Crippen LogP contribution in [0.2, 0.25) is 0 Å². The molecule has 0 saturated heterocycles. The predicted octanol–water partition coefficient (Wildman–Crippen LogP) is 1.36. The molecule has 1 aliphatic carbocycles. The van der Waals surface area contributed by atoms with Crippen LogP contribution in [0.25, 0.3) is 0 Å². The molecule has 0 aromatic carbocycles. The number of hydrogen-bond donors (Lipinski definition) is 4. The first-order valence-electron chi connectivity index (χ1n) is 12.4. The van der Waals surface area contributed by atoms with E-state index in [0.29, 0.717) is 25.7 Å². The molecule has 0 aromatic rings. The summed E-state index contributed by atoms with van der Waals surface area (Å²) in [5.74, 6) is -2.27. The average molecular weight is 487 g/mol. The topological polar surface area (TPSA) is 151 Å². The van der Waals surface area contributed by atoms with Gasteiger partial charge in [0.15, 0.2) is 12.1 Å². The molecule has 1 saturated carbocycles. The maximum absolute atomic E-state index is 12.8. The summed E-state index contributed by atoms with van der Waals surface area (Å²) in [5, 5.41) is 24.1. The van der Waals surface area contributed by atoms with Crippen molar-refractivity contribution in [2.24, 2.45) is 5.41 Å². The van der Waals surface area contributed by atoms with E-state index in [-0.39, 0.29) is 26.1 Å². The van der Waals surface area contributed by atoms with Crippen molar-refractivity contribution in [2.75, 3.05) is 26.4 Å². The lowest BCUT2D eigenvalue weighted by Gasteiger charge is -2.37. The average Bonchev–Trinajstić information content (AvgIpc) is 2.81. The molecular weight excluding hydrogens is 444 g/mol. The van der Waals surface area contributed by atoms with Crippen LogP contribution in [0.4, 0.5) is 0 Å². The number of aliphatic hydroxyl groups excluding tert-OH is 2. The number of carbonyl (C=O) groups excluding carboxylic acids is 4. The van der Waals surface area contributed by atoms with E-state index < -0.39 is 54.5 Å². The van der Waals surface area contributed by atoms with Crippen LogP contribution in [0.5, 0.6) is 0 Å². The summed E-state index contributed by atoms with van der Waals surface area (Å²) in [7, 11) is 0. The van der Waals surface area contributed by atoms with Gasteiger partial charge in [0.05, 0.1) is 26.4 Å². The van der Waals surface area contributed by atoms with E-state index >= 15 is 0 Å². The van der Waals surface area contributed by atoms with Gasteiger partial charge in [-0.15, -0.1) is 0 Å². The van der Waals surface area contributed by atoms with Gasteiger partial charge >= 0.3 is 11.9 Å². The van der Waals surface area contributed by atoms with Gasteiger partial charge in [0.1, 0.15) is 0 Å². The largest absolute Gasteiger partial charge is 0.464 e. The Kier molecular flexibility index (Phi) is 14.4. The van der Waals surface area contributed by atoms with Gasteiger partial charge in [0, 0.05) is 12.8 Å². The molecule has 34 heavy (non-hydrogen) atoms. The van der Waals surface area contributed by atoms with E-state index in [2.05, 4.69) is 10.6 Å². The molecule has 10 nitrogen and oxygen atoms in total. The molecule has 2 atom stereocenters. The Morgan fingerprint density at radius 3 is 1.53 bits per heavy atom. The highest BCUT2D eigenvalue weighted by Gasteiger charge is 2.38. The minimum Gasteiger partial charge on any atom is -0.464 e. The highest BCUT2D eigenvalue weighted by atomic mass is 16.5. The van der Waals surface area contributed by atoms with Crippen molar-refractivity contribution in [3.63, 3.8) is 0 Å². The summed E-state index contributed by atoms with van der Waals surface area (Å²) in [6.45, 7) is 3.19. The van der Waals surface area contributed by atoms with Gasteiger partial charge in [-0.25, -0.2) is 9.59 Å². The van der Waals surface area contributed by atoms with Crippen molar-refractivity contribution < 1.29 is 38.9 Å². The fraction of sp³-hybridized carbons (Fsp3) is 0.833. The predicted molar refractivity (Wildman–Crippen MR) is 125 cm³/mol. The fourth-order valence-electron chi connectivity index (χ4n) is 4.08. The molecule has 0 heterocycles. The summed E-state index contributed by atoms with van der Waals surface area (Å²) < 4.78 is 10.2. The van der Waals surface area contributed by atoms with Gasteiger partial charge in [0.25, 0.3) is 0 Å². The quantitative estimate of drug-likeness (QED) is 0.189. The molecule has 0 spiro atoms. The second-order valence-corrected chi connectivity index (χ2v) is 9.06. The Morgan fingerprint density at radius 2 is 1.18 bits per heavy atom. The van der Waals surface area contributed by atoms with Gasteiger partial charge in [-0.05, 0) is 31.1 Å². The molecule has 1 fully saturated rings. The third-order valence-corrected chi connectivity index (χ3v) is 6.07. The molecule has 0 radical (unpaired) electrons. The van der Waals surface area contributed by atoms with Crippen LogP contribution >= 0.6 is 0 Å². The van der Waals surface area contributed by atoms with Crippen molar-refractivity contribution in [1.82, 2.24) is 10.6 Å². The number of rotatable bonds is 16. The first-order chi connectivity index (χ1) is 16.3. The highest BCUT2D eigenvalue weighted by molar-refractivity contribution is 5.87. The lowest BCUT2D eigenvalue weighted by Crippen LogP contribution is -2.48. The highest BCUT2D eigenvalue weighted by Crippen LogP contribution is 2.42. The van der Waals surface area contributed by atoms with Crippen molar-refractivity contribution in [1.29, 1.82) is 0 Å². The number of aliphatic hydroxyl groups is 2. The molecule has 4 N–H and O–H groups in total. The molecule has 0 unspecified atom stereocenters. The third kappa shape index (κ3) is 10.8. The van der Waals surface area contributed by atoms with Crippen molar-refractivity contribution in [3.05, 3.63) is 0 Å². The van der Waals surface area contributed by atoms with Crippen LogP contribution in [0.1, 0.15) is 84.5 Å². The fourth-order valence-corrected chi connectivity index (χ4v) is 4.08. The van der Waals surface area contributed by atoms with Crippen LogP contribution in [0.3, 0.4) is 0 Å². The van der Waals surface area contributed by atoms with E-state index in [4.69, 9.17) is 9.47 Å². The zero-order valence-electron chi connectivity index (χ0n) is 20.6. The molecular formula is C24H42N2O8. The van der Waals surface area contributed by atoms with Gasteiger partial charge in [0.2, 0.25) is 11.8 Å².